The number of benzene rings is 3. The van der Waals surface area contributed by atoms with Gasteiger partial charge in [-0.3, -0.25) is 5.32 Å². The van der Waals surface area contributed by atoms with Crippen LogP contribution >= 0.6 is 23.2 Å². The number of nitrogens with zero attached hydrogens (tertiary/aromatic N) is 3. The lowest BCUT2D eigenvalue weighted by molar-refractivity contribution is 0.261. The Balaban J connectivity index is 1.26. The molecular formula is C33H37Cl2N5O3S. The van der Waals surface area contributed by atoms with E-state index in [1.807, 2.05) is 61.5 Å². The largest absolute Gasteiger partial charge is 0.324 e. The summed E-state index contributed by atoms with van der Waals surface area (Å²) in [6.07, 6.45) is 2.12. The fourth-order valence-corrected chi connectivity index (χ4v) is 7.12. The van der Waals surface area contributed by atoms with Gasteiger partial charge in [-0.1, -0.05) is 79.9 Å². The van der Waals surface area contributed by atoms with E-state index in [2.05, 4.69) is 31.4 Å². The number of carbonyl (C=O) groups excluding carboxylic acids is 1. The minimum atomic E-state index is -3.67. The topological polar surface area (TPSA) is 96.3 Å². The predicted octanol–water partition coefficient (Wildman–Crippen LogP) is 8.07. The molecule has 2 heterocycles. The SMILES string of the molecule is Cc1ccc(-n2nc(C(C)(C)C)cc2NC(=O)Nc2ccccc2CC2CCN(S(=O)(=O)c3ccc(Cl)c(Cl)c3)CC2)cc1. The lowest BCUT2D eigenvalue weighted by Crippen LogP contribution is -2.38. The molecule has 4 aromatic rings. The molecule has 3 aromatic carbocycles. The first-order valence-electron chi connectivity index (χ1n) is 14.6. The van der Waals surface area contributed by atoms with E-state index in [1.165, 1.54) is 22.5 Å². The molecule has 1 fully saturated rings. The zero-order chi connectivity index (χ0) is 31.6. The number of rotatable bonds is 7. The molecule has 0 atom stereocenters. The fraction of sp³-hybridized carbons (Fsp3) is 0.333. The standard InChI is InChI=1S/C33H37Cl2N5O3S/c1-22-9-11-25(12-10-22)40-31(21-30(38-40)33(2,3)4)37-32(41)36-29-8-6-5-7-24(29)19-23-15-17-39(18-16-23)44(42,43)26-13-14-27(34)28(35)20-26/h5-14,20-21,23H,15-19H2,1-4H3,(H2,36,37,41). The van der Waals surface area contributed by atoms with Gasteiger partial charge in [-0.15, -0.1) is 0 Å². The van der Waals surface area contributed by atoms with Gasteiger partial charge in [0.2, 0.25) is 10.0 Å². The Hall–Kier alpha value is -3.37. The Labute approximate surface area is 269 Å². The van der Waals surface area contributed by atoms with Crippen molar-refractivity contribution in [1.82, 2.24) is 14.1 Å². The van der Waals surface area contributed by atoms with Gasteiger partial charge in [-0.25, -0.2) is 17.9 Å². The number of halogens is 2. The summed E-state index contributed by atoms with van der Waals surface area (Å²) >= 11 is 12.1. The smallest absolute Gasteiger partial charge is 0.307 e. The van der Waals surface area contributed by atoms with Crippen LogP contribution in [0.1, 0.15) is 50.4 Å². The maximum absolute atomic E-state index is 13.3. The maximum Gasteiger partial charge on any atom is 0.324 e. The van der Waals surface area contributed by atoms with Crippen molar-refractivity contribution in [2.75, 3.05) is 23.7 Å². The van der Waals surface area contributed by atoms with E-state index in [0.717, 1.165) is 22.5 Å². The Morgan fingerprint density at radius 1 is 0.932 bits per heavy atom. The number of carbonyl (C=O) groups is 1. The summed E-state index contributed by atoms with van der Waals surface area (Å²) in [6, 6.07) is 21.6. The third-order valence-corrected chi connectivity index (χ3v) is 10.5. The van der Waals surface area contributed by atoms with Crippen LogP contribution in [0.5, 0.6) is 0 Å². The number of piperidine rings is 1. The highest BCUT2D eigenvalue weighted by molar-refractivity contribution is 7.89. The third kappa shape index (κ3) is 7.29. The molecule has 44 heavy (non-hydrogen) atoms. The van der Waals surface area contributed by atoms with Crippen molar-refractivity contribution >= 4 is 50.8 Å². The molecule has 0 unspecified atom stereocenters. The molecule has 5 rings (SSSR count). The molecule has 0 bridgehead atoms. The Bertz CT molecular complexity index is 1760. The quantitative estimate of drug-likeness (QED) is 0.211. The highest BCUT2D eigenvalue weighted by atomic mass is 35.5. The van der Waals surface area contributed by atoms with Crippen LogP contribution in [0.4, 0.5) is 16.3 Å². The van der Waals surface area contributed by atoms with E-state index in [0.29, 0.717) is 48.9 Å². The van der Waals surface area contributed by atoms with Gasteiger partial charge in [0, 0.05) is 30.3 Å². The van der Waals surface area contributed by atoms with Gasteiger partial charge in [-0.2, -0.15) is 9.40 Å². The van der Waals surface area contributed by atoms with Gasteiger partial charge in [0.25, 0.3) is 0 Å². The van der Waals surface area contributed by atoms with Gasteiger partial charge in [0.05, 0.1) is 26.3 Å². The lowest BCUT2D eigenvalue weighted by atomic mass is 9.90. The van der Waals surface area contributed by atoms with Crippen molar-refractivity contribution in [3.8, 4) is 5.69 Å². The van der Waals surface area contributed by atoms with Crippen LogP contribution < -0.4 is 10.6 Å². The minimum Gasteiger partial charge on any atom is -0.307 e. The van der Waals surface area contributed by atoms with Crippen molar-refractivity contribution in [2.45, 2.75) is 57.3 Å². The van der Waals surface area contributed by atoms with E-state index in [-0.39, 0.29) is 27.3 Å². The molecule has 11 heteroatoms. The fourth-order valence-electron chi connectivity index (χ4n) is 5.26. The third-order valence-electron chi connectivity index (χ3n) is 7.87. The highest BCUT2D eigenvalue weighted by Gasteiger charge is 2.30. The van der Waals surface area contributed by atoms with E-state index in [9.17, 15) is 13.2 Å². The minimum absolute atomic E-state index is 0.143. The van der Waals surface area contributed by atoms with Crippen molar-refractivity contribution in [3.05, 3.63) is 99.7 Å². The van der Waals surface area contributed by atoms with Crippen LogP contribution in [0.15, 0.2) is 77.7 Å². The summed E-state index contributed by atoms with van der Waals surface area (Å²) in [5, 5.41) is 11.4. The normalized spacial score (nSPS) is 14.9. The summed E-state index contributed by atoms with van der Waals surface area (Å²) in [4.78, 5) is 13.4. The van der Waals surface area contributed by atoms with Gasteiger partial charge < -0.3 is 5.32 Å². The number of para-hydroxylation sites is 1. The van der Waals surface area contributed by atoms with Crippen LogP contribution in [0, 0.1) is 12.8 Å². The molecule has 1 aliphatic heterocycles. The Kier molecular flexibility index (Phi) is 9.41. The van der Waals surface area contributed by atoms with Crippen LogP contribution in [0.3, 0.4) is 0 Å². The number of aromatic nitrogens is 2. The lowest BCUT2D eigenvalue weighted by Gasteiger charge is -2.31. The number of hydrogen-bond acceptors (Lipinski definition) is 4. The summed E-state index contributed by atoms with van der Waals surface area (Å²) in [7, 11) is -3.67. The number of nitrogens with one attached hydrogen (secondary N) is 2. The van der Waals surface area contributed by atoms with E-state index < -0.39 is 10.0 Å². The van der Waals surface area contributed by atoms with Crippen molar-refractivity contribution < 1.29 is 13.2 Å². The van der Waals surface area contributed by atoms with Crippen LogP contribution in [0.25, 0.3) is 5.69 Å². The summed E-state index contributed by atoms with van der Waals surface area (Å²) in [6.45, 7) is 9.09. The summed E-state index contributed by atoms with van der Waals surface area (Å²) < 4.78 is 29.6. The van der Waals surface area contributed by atoms with Crippen LogP contribution in [-0.4, -0.2) is 41.6 Å². The monoisotopic (exact) mass is 653 g/mol. The van der Waals surface area contributed by atoms with Crippen molar-refractivity contribution in [1.29, 1.82) is 0 Å². The number of sulfonamides is 1. The number of anilines is 2. The molecule has 0 aliphatic carbocycles. The molecule has 2 amide bonds. The second-order valence-corrected chi connectivity index (χ2v) is 15.0. The predicted molar refractivity (Wildman–Crippen MR) is 178 cm³/mol. The Morgan fingerprint density at radius 3 is 2.27 bits per heavy atom. The molecular weight excluding hydrogens is 617 g/mol. The summed E-state index contributed by atoms with van der Waals surface area (Å²) in [5.41, 5.74) is 4.37. The van der Waals surface area contributed by atoms with Gasteiger partial charge in [0.1, 0.15) is 5.82 Å². The average Bonchev–Trinajstić information content (AvgIpc) is 3.40. The van der Waals surface area contributed by atoms with Crippen LogP contribution in [-0.2, 0) is 21.9 Å². The average molecular weight is 655 g/mol. The van der Waals surface area contributed by atoms with E-state index >= 15 is 0 Å². The Morgan fingerprint density at radius 2 is 1.61 bits per heavy atom. The van der Waals surface area contributed by atoms with Crippen molar-refractivity contribution in [3.63, 3.8) is 0 Å². The number of urea groups is 1. The molecule has 2 N–H and O–H groups in total. The molecule has 0 saturated carbocycles. The van der Waals surface area contributed by atoms with Gasteiger partial charge in [0.15, 0.2) is 0 Å². The van der Waals surface area contributed by atoms with E-state index in [1.54, 1.807) is 4.68 Å². The second kappa shape index (κ2) is 12.9. The maximum atomic E-state index is 13.3. The second-order valence-electron chi connectivity index (χ2n) is 12.3. The van der Waals surface area contributed by atoms with Gasteiger partial charge in [-0.05, 0) is 74.1 Å². The molecule has 8 nitrogen and oxygen atoms in total. The highest BCUT2D eigenvalue weighted by Crippen LogP contribution is 2.31. The van der Waals surface area contributed by atoms with Crippen molar-refractivity contribution in [2.24, 2.45) is 5.92 Å². The molecule has 0 radical (unpaired) electrons. The first kappa shape index (κ1) is 32.0. The first-order chi connectivity index (χ1) is 20.8. The molecule has 1 saturated heterocycles. The van der Waals surface area contributed by atoms with E-state index in [4.69, 9.17) is 28.3 Å². The summed E-state index contributed by atoms with van der Waals surface area (Å²) in [5.74, 6) is 0.836. The molecule has 0 spiro atoms. The van der Waals surface area contributed by atoms with Crippen LogP contribution in [0.2, 0.25) is 10.0 Å². The molecule has 1 aromatic heterocycles. The number of aryl methyl sites for hydroxylation is 1. The zero-order valence-electron chi connectivity index (χ0n) is 25.3. The first-order valence-corrected chi connectivity index (χ1v) is 16.8. The molecule has 232 valence electrons. The van der Waals surface area contributed by atoms with Gasteiger partial charge >= 0.3 is 6.03 Å². The molecule has 1 aliphatic rings. The number of amides is 2. The number of hydrogen-bond donors (Lipinski definition) is 2. The zero-order valence-corrected chi connectivity index (χ0v) is 27.6.